The van der Waals surface area contributed by atoms with Gasteiger partial charge in [0.05, 0.1) is 0 Å². The van der Waals surface area contributed by atoms with Gasteiger partial charge in [-0.05, 0) is 114 Å². The molecule has 52 heavy (non-hydrogen) atoms. The second-order valence-electron chi connectivity index (χ2n) is 22.7. The summed E-state index contributed by atoms with van der Waals surface area (Å²) in [6, 6.07) is 23.6. The molecule has 0 radical (unpaired) electrons. The van der Waals surface area contributed by atoms with Crippen LogP contribution >= 0.6 is 0 Å². The van der Waals surface area contributed by atoms with Crippen molar-refractivity contribution >= 4 is 23.6 Å². The Morgan fingerprint density at radius 2 is 0.558 bits per heavy atom. The summed E-state index contributed by atoms with van der Waals surface area (Å²) >= 11 is 0. The molecule has 0 nitrogen and oxygen atoms in total. The second kappa shape index (κ2) is 13.3. The highest BCUT2D eigenvalue weighted by molar-refractivity contribution is 7.16. The molecule has 1 heteroatoms. The highest BCUT2D eigenvalue weighted by Gasteiger charge is 2.50. The summed E-state index contributed by atoms with van der Waals surface area (Å²) in [5.74, 6) is 0.343. The first kappa shape index (κ1) is 42.1. The molecular formula is C51H76Si. The van der Waals surface area contributed by atoms with Crippen LogP contribution < -0.4 is 15.6 Å². The van der Waals surface area contributed by atoms with Crippen molar-refractivity contribution in [3.63, 3.8) is 0 Å². The Morgan fingerprint density at radius 3 is 0.712 bits per heavy atom. The van der Waals surface area contributed by atoms with E-state index in [0.29, 0.717) is 5.92 Å². The number of benzene rings is 3. The molecule has 284 valence electrons. The molecule has 1 aliphatic carbocycles. The normalized spacial score (nSPS) is 17.1. The van der Waals surface area contributed by atoms with Gasteiger partial charge in [-0.25, -0.2) is 0 Å². The lowest BCUT2D eigenvalue weighted by molar-refractivity contribution is 0.569. The standard InChI is InChI=1S/C51H76Si/c1-32-33(2)35(4)45(34(32)3)52(42-26-36(46(5,6)7)23-37(27-42)47(8,9)10,43-28-38(48(11,12)13)24-39(29-43)49(14,15)16)44-30-40(50(17,18)19)25-41(31-44)51(20,21)22/h23-31,34H,1-22H3. The van der Waals surface area contributed by atoms with Gasteiger partial charge >= 0.3 is 0 Å². The minimum atomic E-state index is -3.02. The third kappa shape index (κ3) is 7.92. The van der Waals surface area contributed by atoms with E-state index in [1.54, 1.807) is 5.20 Å². The molecule has 1 atom stereocenters. The van der Waals surface area contributed by atoms with E-state index in [2.05, 4.69) is 207 Å². The zero-order valence-electron chi connectivity index (χ0n) is 37.8. The molecule has 0 fully saturated rings. The lowest BCUT2D eigenvalue weighted by Crippen LogP contribution is -2.70. The van der Waals surface area contributed by atoms with Gasteiger partial charge in [0.25, 0.3) is 0 Å². The zero-order chi connectivity index (χ0) is 39.9. The summed E-state index contributed by atoms with van der Waals surface area (Å²) in [5.41, 5.74) is 13.1. The van der Waals surface area contributed by atoms with Crippen LogP contribution in [0, 0.1) is 5.92 Å². The van der Waals surface area contributed by atoms with Gasteiger partial charge < -0.3 is 0 Å². The summed E-state index contributed by atoms with van der Waals surface area (Å²) in [7, 11) is -3.02. The maximum absolute atomic E-state index is 3.02. The first-order valence-electron chi connectivity index (χ1n) is 20.1. The minimum Gasteiger partial charge on any atom is -0.0636 e. The topological polar surface area (TPSA) is 0 Å². The van der Waals surface area contributed by atoms with Crippen LogP contribution in [0.5, 0.6) is 0 Å². The van der Waals surface area contributed by atoms with Crippen LogP contribution in [0.25, 0.3) is 0 Å². The lowest BCUT2D eigenvalue weighted by atomic mass is 9.80. The Bertz CT molecular complexity index is 1620. The monoisotopic (exact) mass is 717 g/mol. The van der Waals surface area contributed by atoms with E-state index in [9.17, 15) is 0 Å². The fraction of sp³-hybridized carbons (Fsp3) is 0.569. The van der Waals surface area contributed by atoms with Gasteiger partial charge in [-0.3, -0.25) is 0 Å². The Kier molecular flexibility index (Phi) is 10.8. The number of hydrogen-bond acceptors (Lipinski definition) is 0. The molecule has 0 saturated carbocycles. The fourth-order valence-electron chi connectivity index (χ4n) is 8.07. The smallest absolute Gasteiger partial charge is 0.0636 e. The number of hydrogen-bond donors (Lipinski definition) is 0. The molecule has 0 aromatic heterocycles. The Morgan fingerprint density at radius 1 is 0.346 bits per heavy atom. The Labute approximate surface area is 323 Å². The van der Waals surface area contributed by atoms with E-state index in [-0.39, 0.29) is 32.5 Å². The van der Waals surface area contributed by atoms with E-state index in [0.717, 1.165) is 0 Å². The van der Waals surface area contributed by atoms with Crippen LogP contribution in [-0.2, 0) is 32.5 Å². The van der Waals surface area contributed by atoms with Crippen molar-refractivity contribution in [1.29, 1.82) is 0 Å². The summed E-state index contributed by atoms with van der Waals surface area (Å²) in [6.07, 6.45) is 0. The van der Waals surface area contributed by atoms with Crippen LogP contribution in [0.4, 0.5) is 0 Å². The molecule has 0 bridgehead atoms. The van der Waals surface area contributed by atoms with Crippen molar-refractivity contribution < 1.29 is 0 Å². The first-order valence-corrected chi connectivity index (χ1v) is 22.1. The van der Waals surface area contributed by atoms with Crippen LogP contribution in [0.1, 0.15) is 186 Å². The molecule has 1 aliphatic rings. The van der Waals surface area contributed by atoms with E-state index in [4.69, 9.17) is 0 Å². The molecule has 4 rings (SSSR count). The highest BCUT2D eigenvalue weighted by Crippen LogP contribution is 2.44. The van der Waals surface area contributed by atoms with Crippen molar-refractivity contribution in [2.24, 2.45) is 5.92 Å². The van der Waals surface area contributed by atoms with E-state index < -0.39 is 8.07 Å². The third-order valence-corrected chi connectivity index (χ3v) is 17.4. The average Bonchev–Trinajstić information content (AvgIpc) is 3.17. The molecule has 0 heterocycles. The third-order valence-electron chi connectivity index (χ3n) is 12.3. The average molecular weight is 717 g/mol. The summed E-state index contributed by atoms with van der Waals surface area (Å²) < 4.78 is 0. The van der Waals surface area contributed by atoms with Crippen LogP contribution in [0.2, 0.25) is 0 Å². The molecule has 3 aromatic rings. The second-order valence-corrected chi connectivity index (χ2v) is 26.5. The molecule has 0 saturated heterocycles. The highest BCUT2D eigenvalue weighted by atomic mass is 28.3. The van der Waals surface area contributed by atoms with Gasteiger partial charge in [-0.15, -0.1) is 0 Å². The number of rotatable bonds is 4. The predicted molar refractivity (Wildman–Crippen MR) is 236 cm³/mol. The largest absolute Gasteiger partial charge is 0.176 e. The summed E-state index contributed by atoms with van der Waals surface area (Å²) in [6.45, 7) is 52.9. The SMILES string of the molecule is CC1=C(C)C(C)C([Si](c2cc(C(C)(C)C)cc(C(C)(C)C)c2)(c2cc(C(C)(C)C)cc(C(C)(C)C)c2)c2cc(C(C)(C)C)cc(C(C)(C)C)c2)=C1C. The molecule has 0 spiro atoms. The van der Waals surface area contributed by atoms with Crippen molar-refractivity contribution in [3.05, 3.63) is 110 Å². The van der Waals surface area contributed by atoms with Crippen LogP contribution in [0.3, 0.4) is 0 Å². The van der Waals surface area contributed by atoms with Crippen molar-refractivity contribution in [2.45, 2.75) is 185 Å². The van der Waals surface area contributed by atoms with Gasteiger partial charge in [0.1, 0.15) is 0 Å². The van der Waals surface area contributed by atoms with E-state index >= 15 is 0 Å². The maximum atomic E-state index is 2.67. The maximum Gasteiger partial charge on any atom is 0.176 e. The molecule has 0 amide bonds. The van der Waals surface area contributed by atoms with Gasteiger partial charge in [0.2, 0.25) is 0 Å². The van der Waals surface area contributed by atoms with Crippen molar-refractivity contribution in [3.8, 4) is 0 Å². The van der Waals surface area contributed by atoms with Crippen molar-refractivity contribution in [1.82, 2.24) is 0 Å². The molecular weight excluding hydrogens is 641 g/mol. The molecule has 3 aromatic carbocycles. The zero-order valence-corrected chi connectivity index (χ0v) is 38.8. The summed E-state index contributed by atoms with van der Waals surface area (Å²) in [5, 5.41) is 6.27. The molecule has 0 aliphatic heterocycles. The molecule has 0 N–H and O–H groups in total. The van der Waals surface area contributed by atoms with Gasteiger partial charge in [-0.2, -0.15) is 0 Å². The Balaban J connectivity index is 2.53. The predicted octanol–water partition coefficient (Wildman–Crippen LogP) is 12.8. The van der Waals surface area contributed by atoms with Crippen LogP contribution in [0.15, 0.2) is 76.5 Å². The number of allylic oxidation sites excluding steroid dienone is 4. The van der Waals surface area contributed by atoms with Crippen molar-refractivity contribution in [2.75, 3.05) is 0 Å². The van der Waals surface area contributed by atoms with Gasteiger partial charge in [-0.1, -0.05) is 202 Å². The summed E-state index contributed by atoms with van der Waals surface area (Å²) in [4.78, 5) is 0. The Hall–Kier alpha value is -2.64. The lowest BCUT2D eigenvalue weighted by Gasteiger charge is -2.42. The first-order chi connectivity index (χ1) is 23.2. The molecule has 1 unspecified atom stereocenters. The van der Waals surface area contributed by atoms with Gasteiger partial charge in [0.15, 0.2) is 8.07 Å². The minimum absolute atomic E-state index is 0.00138. The quantitative estimate of drug-likeness (QED) is 0.186. The van der Waals surface area contributed by atoms with Gasteiger partial charge in [0, 0.05) is 0 Å². The van der Waals surface area contributed by atoms with E-state index in [1.165, 1.54) is 65.7 Å². The van der Waals surface area contributed by atoms with Crippen LogP contribution in [-0.4, -0.2) is 8.07 Å². The fourth-order valence-corrected chi connectivity index (χ4v) is 13.8. The van der Waals surface area contributed by atoms with E-state index in [1.807, 2.05) is 0 Å².